The molecule has 0 fully saturated rings. The van der Waals surface area contributed by atoms with Crippen molar-refractivity contribution in [1.82, 2.24) is 0 Å². The third kappa shape index (κ3) is 2.86. The Morgan fingerprint density at radius 1 is 1.53 bits per heavy atom. The van der Waals surface area contributed by atoms with Crippen LogP contribution in [0, 0.1) is 0 Å². The standard InChI is InChI=1S/C10H12BrNO3/c1-15-9-5-3-2-4-8(9)12(7-6-11)10(13)14/h2-5H,6-7H2,1H3,(H,13,14). The highest BCUT2D eigenvalue weighted by Gasteiger charge is 2.16. The second-order valence-corrected chi connectivity index (χ2v) is 3.59. The Kier molecular flexibility index (Phi) is 4.42. The normalized spacial score (nSPS) is 9.73. The molecule has 1 aromatic carbocycles. The molecular weight excluding hydrogens is 262 g/mol. The summed E-state index contributed by atoms with van der Waals surface area (Å²) in [4.78, 5) is 12.3. The molecule has 0 saturated heterocycles. The molecule has 0 aliphatic rings. The minimum atomic E-state index is -0.987. The number of amides is 1. The van der Waals surface area contributed by atoms with Crippen molar-refractivity contribution in [1.29, 1.82) is 0 Å². The van der Waals surface area contributed by atoms with Gasteiger partial charge in [-0.05, 0) is 12.1 Å². The summed E-state index contributed by atoms with van der Waals surface area (Å²) in [6, 6.07) is 7.04. The van der Waals surface area contributed by atoms with E-state index in [1.807, 2.05) is 0 Å². The van der Waals surface area contributed by atoms with Crippen LogP contribution in [0.3, 0.4) is 0 Å². The van der Waals surface area contributed by atoms with Gasteiger partial charge in [0.2, 0.25) is 0 Å². The summed E-state index contributed by atoms with van der Waals surface area (Å²) < 4.78 is 5.10. The predicted octanol–water partition coefficient (Wildman–Crippen LogP) is 2.57. The van der Waals surface area contributed by atoms with E-state index in [1.54, 1.807) is 24.3 Å². The van der Waals surface area contributed by atoms with Crippen LogP contribution < -0.4 is 9.64 Å². The zero-order chi connectivity index (χ0) is 11.3. The van der Waals surface area contributed by atoms with Crippen molar-refractivity contribution in [2.75, 3.05) is 23.9 Å². The fourth-order valence-corrected chi connectivity index (χ4v) is 1.61. The number of anilines is 1. The van der Waals surface area contributed by atoms with Gasteiger partial charge in [-0.1, -0.05) is 28.1 Å². The van der Waals surface area contributed by atoms with Gasteiger partial charge in [-0.2, -0.15) is 0 Å². The molecule has 1 amide bonds. The molecule has 0 unspecified atom stereocenters. The molecule has 1 rings (SSSR count). The fraction of sp³-hybridized carbons (Fsp3) is 0.300. The maximum atomic E-state index is 11.0. The van der Waals surface area contributed by atoms with Crippen molar-refractivity contribution in [2.24, 2.45) is 0 Å². The van der Waals surface area contributed by atoms with Crippen LogP contribution in [0.1, 0.15) is 0 Å². The molecular formula is C10H12BrNO3. The zero-order valence-corrected chi connectivity index (χ0v) is 9.90. The molecule has 0 aliphatic heterocycles. The number of benzene rings is 1. The van der Waals surface area contributed by atoms with E-state index in [-0.39, 0.29) is 0 Å². The Balaban J connectivity index is 3.04. The maximum absolute atomic E-state index is 11.0. The van der Waals surface area contributed by atoms with E-state index in [1.165, 1.54) is 12.0 Å². The maximum Gasteiger partial charge on any atom is 0.411 e. The number of alkyl halides is 1. The van der Waals surface area contributed by atoms with Crippen molar-refractivity contribution in [3.05, 3.63) is 24.3 Å². The quantitative estimate of drug-likeness (QED) is 0.858. The molecule has 0 spiro atoms. The summed E-state index contributed by atoms with van der Waals surface area (Å²) in [5.41, 5.74) is 0.562. The van der Waals surface area contributed by atoms with E-state index in [0.29, 0.717) is 23.3 Å². The van der Waals surface area contributed by atoms with Crippen molar-refractivity contribution in [3.63, 3.8) is 0 Å². The number of nitrogens with zero attached hydrogens (tertiary/aromatic N) is 1. The molecule has 1 aromatic rings. The molecule has 15 heavy (non-hydrogen) atoms. The van der Waals surface area contributed by atoms with Gasteiger partial charge in [0.15, 0.2) is 0 Å². The summed E-state index contributed by atoms with van der Waals surface area (Å²) in [5.74, 6) is 0.556. The van der Waals surface area contributed by atoms with Crippen molar-refractivity contribution < 1.29 is 14.6 Å². The number of halogens is 1. The first-order valence-corrected chi connectivity index (χ1v) is 5.52. The van der Waals surface area contributed by atoms with Crippen LogP contribution in [0.15, 0.2) is 24.3 Å². The molecule has 0 radical (unpaired) electrons. The first kappa shape index (κ1) is 11.8. The number of hydrogen-bond acceptors (Lipinski definition) is 2. The van der Waals surface area contributed by atoms with Crippen LogP contribution in [0.4, 0.5) is 10.5 Å². The molecule has 1 N–H and O–H groups in total. The van der Waals surface area contributed by atoms with Crippen molar-refractivity contribution in [2.45, 2.75) is 0 Å². The lowest BCUT2D eigenvalue weighted by Gasteiger charge is -2.20. The molecule has 0 bridgehead atoms. The van der Waals surface area contributed by atoms with E-state index < -0.39 is 6.09 Å². The topological polar surface area (TPSA) is 49.8 Å². The van der Waals surface area contributed by atoms with Crippen LogP contribution in [-0.4, -0.2) is 30.2 Å². The monoisotopic (exact) mass is 273 g/mol. The molecule has 82 valence electrons. The van der Waals surface area contributed by atoms with Gasteiger partial charge in [0.05, 0.1) is 12.8 Å². The van der Waals surface area contributed by atoms with Gasteiger partial charge < -0.3 is 9.84 Å². The van der Waals surface area contributed by atoms with Gasteiger partial charge in [0.25, 0.3) is 0 Å². The zero-order valence-electron chi connectivity index (χ0n) is 8.31. The summed E-state index contributed by atoms with van der Waals surface area (Å²) in [5, 5.41) is 9.61. The van der Waals surface area contributed by atoms with Crippen LogP contribution in [0.2, 0.25) is 0 Å². The van der Waals surface area contributed by atoms with E-state index in [9.17, 15) is 4.79 Å². The lowest BCUT2D eigenvalue weighted by atomic mass is 10.2. The summed E-state index contributed by atoms with van der Waals surface area (Å²) in [6.45, 7) is 0.385. The van der Waals surface area contributed by atoms with Gasteiger partial charge in [0.1, 0.15) is 5.75 Å². The SMILES string of the molecule is COc1ccccc1N(CCBr)C(=O)O. The Hall–Kier alpha value is -1.23. The van der Waals surface area contributed by atoms with Crippen molar-refractivity contribution in [3.8, 4) is 5.75 Å². The van der Waals surface area contributed by atoms with Gasteiger partial charge in [-0.15, -0.1) is 0 Å². The summed E-state index contributed by atoms with van der Waals surface area (Å²) in [7, 11) is 1.52. The minimum Gasteiger partial charge on any atom is -0.495 e. The van der Waals surface area contributed by atoms with Gasteiger partial charge in [0, 0.05) is 11.9 Å². The molecule has 0 aromatic heterocycles. The van der Waals surface area contributed by atoms with Crippen LogP contribution in [-0.2, 0) is 0 Å². The number of carboxylic acid groups (broad SMARTS) is 1. The molecule has 4 nitrogen and oxygen atoms in total. The Morgan fingerprint density at radius 3 is 2.73 bits per heavy atom. The average molecular weight is 274 g/mol. The smallest absolute Gasteiger partial charge is 0.411 e. The third-order valence-electron chi connectivity index (χ3n) is 1.91. The highest BCUT2D eigenvalue weighted by atomic mass is 79.9. The minimum absolute atomic E-state index is 0.385. The second-order valence-electron chi connectivity index (χ2n) is 2.80. The number of hydrogen-bond donors (Lipinski definition) is 1. The molecule has 0 saturated carbocycles. The third-order valence-corrected chi connectivity index (χ3v) is 2.27. The highest BCUT2D eigenvalue weighted by molar-refractivity contribution is 9.09. The Bertz CT molecular complexity index is 343. The number of para-hydroxylation sites is 2. The number of methoxy groups -OCH3 is 1. The van der Waals surface area contributed by atoms with Gasteiger partial charge in [-0.25, -0.2) is 4.79 Å². The highest BCUT2D eigenvalue weighted by Crippen LogP contribution is 2.27. The van der Waals surface area contributed by atoms with E-state index in [4.69, 9.17) is 9.84 Å². The lowest BCUT2D eigenvalue weighted by molar-refractivity contribution is 0.202. The first-order chi connectivity index (χ1) is 7.20. The molecule has 5 heteroatoms. The molecule has 0 aliphatic carbocycles. The van der Waals surface area contributed by atoms with Gasteiger partial charge in [-0.3, -0.25) is 4.90 Å². The summed E-state index contributed by atoms with van der Waals surface area (Å²) >= 11 is 3.22. The van der Waals surface area contributed by atoms with Crippen LogP contribution in [0.25, 0.3) is 0 Å². The lowest BCUT2D eigenvalue weighted by Crippen LogP contribution is -2.31. The van der Waals surface area contributed by atoms with Crippen molar-refractivity contribution >= 4 is 27.7 Å². The van der Waals surface area contributed by atoms with E-state index in [0.717, 1.165) is 0 Å². The predicted molar refractivity (Wildman–Crippen MR) is 62.2 cm³/mol. The number of ether oxygens (including phenoxy) is 1. The fourth-order valence-electron chi connectivity index (χ4n) is 1.26. The molecule has 0 heterocycles. The Labute approximate surface area is 96.6 Å². The second kappa shape index (κ2) is 5.60. The van der Waals surface area contributed by atoms with Gasteiger partial charge >= 0.3 is 6.09 Å². The largest absolute Gasteiger partial charge is 0.495 e. The number of rotatable bonds is 4. The molecule has 0 atom stereocenters. The number of carbonyl (C=O) groups is 1. The average Bonchev–Trinajstić information content (AvgIpc) is 2.25. The van der Waals surface area contributed by atoms with Crippen LogP contribution in [0.5, 0.6) is 5.75 Å². The summed E-state index contributed by atoms with van der Waals surface area (Å²) in [6.07, 6.45) is -0.987. The van der Waals surface area contributed by atoms with E-state index in [2.05, 4.69) is 15.9 Å². The van der Waals surface area contributed by atoms with E-state index >= 15 is 0 Å². The van der Waals surface area contributed by atoms with Crippen LogP contribution >= 0.6 is 15.9 Å². The first-order valence-electron chi connectivity index (χ1n) is 4.40. The Morgan fingerprint density at radius 2 is 2.20 bits per heavy atom.